The molecule has 1 atom stereocenters. The van der Waals surface area contributed by atoms with Gasteiger partial charge in [0.2, 0.25) is 0 Å². The Morgan fingerprint density at radius 2 is 1.90 bits per heavy atom. The lowest BCUT2D eigenvalue weighted by Crippen LogP contribution is -2.38. The van der Waals surface area contributed by atoms with Crippen LogP contribution in [0.25, 0.3) is 0 Å². The van der Waals surface area contributed by atoms with Crippen molar-refractivity contribution in [3.05, 3.63) is 29.6 Å². The van der Waals surface area contributed by atoms with Gasteiger partial charge in [-0.25, -0.2) is 4.39 Å². The Labute approximate surface area is 127 Å². The van der Waals surface area contributed by atoms with Crippen LogP contribution in [0.3, 0.4) is 0 Å². The zero-order valence-electron chi connectivity index (χ0n) is 13.5. The monoisotopic (exact) mass is 294 g/mol. The standard InChI is InChI=1S/C17H27FN2O/c1-5-11-19-16-14(9-8-10-15(16)18)17(21)20-12(4)13(6-2)7-3/h8-10,12-13,19H,5-7,11H2,1-4H3,(H,20,21). The van der Waals surface area contributed by atoms with Gasteiger partial charge in [0.15, 0.2) is 0 Å². The van der Waals surface area contributed by atoms with Crippen LogP contribution in [0.15, 0.2) is 18.2 Å². The van der Waals surface area contributed by atoms with Crippen LogP contribution in [0.2, 0.25) is 0 Å². The first kappa shape index (κ1) is 17.5. The van der Waals surface area contributed by atoms with E-state index in [2.05, 4.69) is 24.5 Å². The third kappa shape index (κ3) is 4.73. The van der Waals surface area contributed by atoms with E-state index in [-0.39, 0.29) is 17.8 Å². The molecular formula is C17H27FN2O. The number of amides is 1. The molecule has 0 radical (unpaired) electrons. The molecule has 0 saturated carbocycles. The molecule has 0 fully saturated rings. The van der Waals surface area contributed by atoms with Crippen molar-refractivity contribution in [2.24, 2.45) is 5.92 Å². The number of benzene rings is 1. The minimum Gasteiger partial charge on any atom is -0.382 e. The van der Waals surface area contributed by atoms with Crippen molar-refractivity contribution in [3.63, 3.8) is 0 Å². The van der Waals surface area contributed by atoms with Crippen molar-refractivity contribution in [2.75, 3.05) is 11.9 Å². The molecule has 1 unspecified atom stereocenters. The lowest BCUT2D eigenvalue weighted by Gasteiger charge is -2.23. The van der Waals surface area contributed by atoms with Crippen molar-refractivity contribution in [1.29, 1.82) is 0 Å². The number of nitrogens with one attached hydrogen (secondary N) is 2. The average Bonchev–Trinajstić information content (AvgIpc) is 2.47. The molecule has 0 saturated heterocycles. The molecule has 1 aromatic carbocycles. The third-order valence-electron chi connectivity index (χ3n) is 3.92. The van der Waals surface area contributed by atoms with Gasteiger partial charge in [-0.2, -0.15) is 0 Å². The van der Waals surface area contributed by atoms with Crippen LogP contribution in [0.5, 0.6) is 0 Å². The second-order valence-electron chi connectivity index (χ2n) is 5.43. The molecule has 0 aliphatic carbocycles. The second kappa shape index (κ2) is 8.65. The number of rotatable bonds is 8. The highest BCUT2D eigenvalue weighted by Crippen LogP contribution is 2.21. The van der Waals surface area contributed by atoms with Crippen LogP contribution in [0.4, 0.5) is 10.1 Å². The molecule has 118 valence electrons. The van der Waals surface area contributed by atoms with E-state index in [1.54, 1.807) is 12.1 Å². The summed E-state index contributed by atoms with van der Waals surface area (Å²) in [6.45, 7) is 8.89. The van der Waals surface area contributed by atoms with E-state index in [1.807, 2.05) is 13.8 Å². The van der Waals surface area contributed by atoms with E-state index < -0.39 is 0 Å². The van der Waals surface area contributed by atoms with Crippen molar-refractivity contribution in [2.45, 2.75) is 53.0 Å². The summed E-state index contributed by atoms with van der Waals surface area (Å²) in [5, 5.41) is 6.00. The Morgan fingerprint density at radius 1 is 1.24 bits per heavy atom. The predicted molar refractivity (Wildman–Crippen MR) is 86.2 cm³/mol. The highest BCUT2D eigenvalue weighted by molar-refractivity contribution is 5.99. The topological polar surface area (TPSA) is 41.1 Å². The molecule has 0 spiro atoms. The van der Waals surface area contributed by atoms with Crippen LogP contribution in [-0.4, -0.2) is 18.5 Å². The van der Waals surface area contributed by atoms with Crippen molar-refractivity contribution < 1.29 is 9.18 Å². The molecular weight excluding hydrogens is 267 g/mol. The minimum atomic E-state index is -0.383. The van der Waals surface area contributed by atoms with E-state index in [0.717, 1.165) is 19.3 Å². The van der Waals surface area contributed by atoms with Crippen LogP contribution < -0.4 is 10.6 Å². The maximum atomic E-state index is 13.9. The number of hydrogen-bond donors (Lipinski definition) is 2. The van der Waals surface area contributed by atoms with Gasteiger partial charge >= 0.3 is 0 Å². The largest absolute Gasteiger partial charge is 0.382 e. The number of para-hydroxylation sites is 1. The quantitative estimate of drug-likeness (QED) is 0.754. The van der Waals surface area contributed by atoms with Crippen molar-refractivity contribution >= 4 is 11.6 Å². The van der Waals surface area contributed by atoms with Crippen LogP contribution in [0, 0.1) is 11.7 Å². The molecule has 1 aromatic rings. The summed E-state index contributed by atoms with van der Waals surface area (Å²) in [4.78, 5) is 12.4. The van der Waals surface area contributed by atoms with Gasteiger partial charge in [0.05, 0.1) is 11.3 Å². The Morgan fingerprint density at radius 3 is 2.48 bits per heavy atom. The first-order valence-corrected chi connectivity index (χ1v) is 7.88. The number of carbonyl (C=O) groups excluding carboxylic acids is 1. The Hall–Kier alpha value is -1.58. The van der Waals surface area contributed by atoms with Gasteiger partial charge in [-0.05, 0) is 31.4 Å². The lowest BCUT2D eigenvalue weighted by molar-refractivity contribution is 0.0925. The number of anilines is 1. The molecule has 3 nitrogen and oxygen atoms in total. The summed E-state index contributed by atoms with van der Waals surface area (Å²) < 4.78 is 13.9. The zero-order valence-corrected chi connectivity index (χ0v) is 13.5. The van der Waals surface area contributed by atoms with E-state index in [4.69, 9.17) is 0 Å². The normalized spacial score (nSPS) is 12.3. The van der Waals surface area contributed by atoms with E-state index in [0.29, 0.717) is 23.7 Å². The third-order valence-corrected chi connectivity index (χ3v) is 3.92. The average molecular weight is 294 g/mol. The maximum absolute atomic E-state index is 13.9. The molecule has 4 heteroatoms. The Kier molecular flexibility index (Phi) is 7.20. The van der Waals surface area contributed by atoms with Gasteiger partial charge in [-0.15, -0.1) is 0 Å². The molecule has 0 aromatic heterocycles. The molecule has 21 heavy (non-hydrogen) atoms. The first-order valence-electron chi connectivity index (χ1n) is 7.88. The maximum Gasteiger partial charge on any atom is 0.253 e. The van der Waals surface area contributed by atoms with Gasteiger partial charge in [0.25, 0.3) is 5.91 Å². The molecule has 1 rings (SSSR count). The Balaban J connectivity index is 2.89. The molecule has 2 N–H and O–H groups in total. The van der Waals surface area contributed by atoms with Gasteiger partial charge in [0, 0.05) is 12.6 Å². The second-order valence-corrected chi connectivity index (χ2v) is 5.43. The highest BCUT2D eigenvalue weighted by Gasteiger charge is 2.20. The summed E-state index contributed by atoms with van der Waals surface area (Å²) in [5.41, 5.74) is 0.676. The highest BCUT2D eigenvalue weighted by atomic mass is 19.1. The number of carbonyl (C=O) groups is 1. The zero-order chi connectivity index (χ0) is 15.8. The minimum absolute atomic E-state index is 0.0785. The fourth-order valence-electron chi connectivity index (χ4n) is 2.54. The Bertz CT molecular complexity index is 458. The van der Waals surface area contributed by atoms with Crippen molar-refractivity contribution in [3.8, 4) is 0 Å². The number of hydrogen-bond acceptors (Lipinski definition) is 2. The van der Waals surface area contributed by atoms with Gasteiger partial charge in [-0.1, -0.05) is 39.7 Å². The smallest absolute Gasteiger partial charge is 0.253 e. The van der Waals surface area contributed by atoms with Gasteiger partial charge in [0.1, 0.15) is 5.82 Å². The van der Waals surface area contributed by atoms with Gasteiger partial charge in [-0.3, -0.25) is 4.79 Å². The lowest BCUT2D eigenvalue weighted by atomic mass is 9.95. The van der Waals surface area contributed by atoms with E-state index in [1.165, 1.54) is 6.07 Å². The summed E-state index contributed by atoms with van der Waals surface area (Å²) in [6.07, 6.45) is 2.91. The van der Waals surface area contributed by atoms with E-state index >= 15 is 0 Å². The summed E-state index contributed by atoms with van der Waals surface area (Å²) in [5.74, 6) is -0.159. The predicted octanol–water partition coefficient (Wildman–Crippen LogP) is 4.20. The fourth-order valence-corrected chi connectivity index (χ4v) is 2.54. The van der Waals surface area contributed by atoms with Crippen LogP contribution in [-0.2, 0) is 0 Å². The van der Waals surface area contributed by atoms with Gasteiger partial charge < -0.3 is 10.6 Å². The summed E-state index contributed by atoms with van der Waals surface area (Å²) in [7, 11) is 0. The molecule has 1 amide bonds. The van der Waals surface area contributed by atoms with Crippen LogP contribution >= 0.6 is 0 Å². The number of halogens is 1. The fraction of sp³-hybridized carbons (Fsp3) is 0.588. The van der Waals surface area contributed by atoms with E-state index in [9.17, 15) is 9.18 Å². The molecule has 0 aliphatic heterocycles. The van der Waals surface area contributed by atoms with Crippen molar-refractivity contribution in [1.82, 2.24) is 5.32 Å². The summed E-state index contributed by atoms with van der Waals surface area (Å²) in [6, 6.07) is 4.69. The SMILES string of the molecule is CCCNc1c(F)cccc1C(=O)NC(C)C(CC)CC. The molecule has 0 heterocycles. The summed E-state index contributed by atoms with van der Waals surface area (Å²) >= 11 is 0. The molecule has 0 aliphatic rings. The first-order chi connectivity index (χ1) is 10.0. The van der Waals surface area contributed by atoms with Crippen LogP contribution in [0.1, 0.15) is 57.3 Å². The molecule has 0 bridgehead atoms.